The Balaban J connectivity index is 1.76. The zero-order chi connectivity index (χ0) is 12.5. The van der Waals surface area contributed by atoms with Crippen molar-refractivity contribution in [2.75, 3.05) is 25.0 Å². The molecule has 3 aliphatic rings. The summed E-state index contributed by atoms with van der Waals surface area (Å²) in [6.45, 7) is 5.30. The molecule has 0 aromatic carbocycles. The highest BCUT2D eigenvalue weighted by atomic mass is 19.1. The van der Waals surface area contributed by atoms with E-state index in [4.69, 9.17) is 0 Å². The zero-order valence-corrected chi connectivity index (χ0v) is 10.7. The van der Waals surface area contributed by atoms with Gasteiger partial charge < -0.3 is 10.2 Å². The molecule has 3 aliphatic heterocycles. The van der Waals surface area contributed by atoms with E-state index in [1.807, 2.05) is 6.92 Å². The second-order valence-corrected chi connectivity index (χ2v) is 5.23. The van der Waals surface area contributed by atoms with Crippen LogP contribution < -0.4 is 5.32 Å². The van der Waals surface area contributed by atoms with E-state index >= 15 is 0 Å². The standard InChI is InChI=1S/C13H19FN4/c1-2-10-12(14)13(16-8-15-10)17-11-7-18-5-3-9(11)4-6-18/h8-9,11H,2-7H2,1H3,(H,15,16,17). The van der Waals surface area contributed by atoms with Gasteiger partial charge in [0, 0.05) is 12.6 Å². The SMILES string of the molecule is CCc1ncnc(NC2CN3CCC2CC3)c1F. The van der Waals surface area contributed by atoms with Gasteiger partial charge >= 0.3 is 0 Å². The molecule has 4 nitrogen and oxygen atoms in total. The molecule has 3 saturated heterocycles. The molecule has 4 rings (SSSR count). The lowest BCUT2D eigenvalue weighted by Crippen LogP contribution is -2.53. The number of fused-ring (bicyclic) bond motifs is 3. The van der Waals surface area contributed by atoms with Gasteiger partial charge in [0.15, 0.2) is 11.6 Å². The van der Waals surface area contributed by atoms with Crippen molar-refractivity contribution in [2.45, 2.75) is 32.2 Å². The summed E-state index contributed by atoms with van der Waals surface area (Å²) >= 11 is 0. The van der Waals surface area contributed by atoms with Gasteiger partial charge in [-0.3, -0.25) is 0 Å². The fourth-order valence-corrected chi connectivity index (χ4v) is 3.06. The van der Waals surface area contributed by atoms with Crippen molar-refractivity contribution in [3.05, 3.63) is 17.8 Å². The van der Waals surface area contributed by atoms with Crippen molar-refractivity contribution in [3.8, 4) is 0 Å². The molecule has 98 valence electrons. The molecule has 1 aromatic heterocycles. The molecule has 2 bridgehead atoms. The minimum absolute atomic E-state index is 0.281. The summed E-state index contributed by atoms with van der Waals surface area (Å²) in [5, 5.41) is 3.29. The third-order valence-electron chi connectivity index (χ3n) is 4.17. The van der Waals surface area contributed by atoms with Crippen molar-refractivity contribution >= 4 is 5.82 Å². The first-order valence-corrected chi connectivity index (χ1v) is 6.76. The van der Waals surface area contributed by atoms with Gasteiger partial charge in [0.05, 0.1) is 5.69 Å². The number of anilines is 1. The third kappa shape index (κ3) is 2.07. The number of halogens is 1. The lowest BCUT2D eigenvalue weighted by molar-refractivity contribution is 0.0972. The molecule has 1 atom stereocenters. The Morgan fingerprint density at radius 2 is 2.17 bits per heavy atom. The molecule has 1 N–H and O–H groups in total. The topological polar surface area (TPSA) is 41.1 Å². The molecular formula is C13H19FN4. The molecular weight excluding hydrogens is 231 g/mol. The largest absolute Gasteiger partial charge is 0.363 e. The third-order valence-corrected chi connectivity index (χ3v) is 4.17. The maximum atomic E-state index is 14.1. The van der Waals surface area contributed by atoms with Crippen LogP contribution in [0.5, 0.6) is 0 Å². The predicted molar refractivity (Wildman–Crippen MR) is 67.9 cm³/mol. The molecule has 3 fully saturated rings. The van der Waals surface area contributed by atoms with E-state index in [2.05, 4.69) is 20.2 Å². The Morgan fingerprint density at radius 3 is 2.78 bits per heavy atom. The van der Waals surface area contributed by atoms with Gasteiger partial charge in [-0.2, -0.15) is 0 Å². The Hall–Kier alpha value is -1.23. The fourth-order valence-electron chi connectivity index (χ4n) is 3.06. The first-order chi connectivity index (χ1) is 8.78. The van der Waals surface area contributed by atoms with E-state index < -0.39 is 0 Å². The Labute approximate surface area is 107 Å². The van der Waals surface area contributed by atoms with Gasteiger partial charge in [-0.1, -0.05) is 6.92 Å². The quantitative estimate of drug-likeness (QED) is 0.886. The summed E-state index contributed by atoms with van der Waals surface area (Å²) < 4.78 is 14.1. The average Bonchev–Trinajstić information content (AvgIpc) is 2.42. The van der Waals surface area contributed by atoms with Gasteiger partial charge in [0.2, 0.25) is 0 Å². The van der Waals surface area contributed by atoms with Gasteiger partial charge in [0.1, 0.15) is 6.33 Å². The van der Waals surface area contributed by atoms with Crippen LogP contribution in [0.4, 0.5) is 10.2 Å². The molecule has 1 aromatic rings. The first-order valence-electron chi connectivity index (χ1n) is 6.76. The minimum Gasteiger partial charge on any atom is -0.363 e. The number of hydrogen-bond donors (Lipinski definition) is 1. The number of hydrogen-bond acceptors (Lipinski definition) is 4. The maximum absolute atomic E-state index is 14.1. The Morgan fingerprint density at radius 1 is 1.39 bits per heavy atom. The van der Waals surface area contributed by atoms with Crippen LogP contribution in [0.2, 0.25) is 0 Å². The summed E-state index contributed by atoms with van der Waals surface area (Å²) in [4.78, 5) is 10.5. The van der Waals surface area contributed by atoms with E-state index in [1.54, 1.807) is 0 Å². The lowest BCUT2D eigenvalue weighted by atomic mass is 9.84. The smallest absolute Gasteiger partial charge is 0.186 e. The van der Waals surface area contributed by atoms with E-state index in [1.165, 1.54) is 32.3 Å². The minimum atomic E-state index is -0.281. The number of nitrogens with zero attached hydrogens (tertiary/aromatic N) is 3. The Bertz CT molecular complexity index is 429. The number of aryl methyl sites for hydroxylation is 1. The summed E-state index contributed by atoms with van der Waals surface area (Å²) in [6, 6.07) is 0.335. The van der Waals surface area contributed by atoms with E-state index in [0.717, 1.165) is 6.54 Å². The molecule has 0 aliphatic carbocycles. The predicted octanol–water partition coefficient (Wildman–Crippen LogP) is 1.68. The van der Waals surface area contributed by atoms with Gasteiger partial charge in [-0.05, 0) is 38.3 Å². The molecule has 5 heteroatoms. The second kappa shape index (κ2) is 4.80. The van der Waals surface area contributed by atoms with E-state index in [0.29, 0.717) is 29.9 Å². The number of piperidine rings is 3. The summed E-state index contributed by atoms with van der Waals surface area (Å²) in [5.74, 6) is 0.756. The van der Waals surface area contributed by atoms with Crippen LogP contribution in [0.25, 0.3) is 0 Å². The van der Waals surface area contributed by atoms with Crippen LogP contribution in [0.1, 0.15) is 25.5 Å². The normalized spacial score (nSPS) is 30.4. The Kier molecular flexibility index (Phi) is 3.16. The summed E-state index contributed by atoms with van der Waals surface area (Å²) in [5.41, 5.74) is 0.494. The van der Waals surface area contributed by atoms with Crippen LogP contribution in [0.15, 0.2) is 6.33 Å². The summed E-state index contributed by atoms with van der Waals surface area (Å²) in [7, 11) is 0. The van der Waals surface area contributed by atoms with Crippen LogP contribution in [0.3, 0.4) is 0 Å². The monoisotopic (exact) mass is 250 g/mol. The van der Waals surface area contributed by atoms with Crippen LogP contribution in [0, 0.1) is 11.7 Å². The molecule has 1 unspecified atom stereocenters. The van der Waals surface area contributed by atoms with Gasteiger partial charge in [0.25, 0.3) is 0 Å². The highest BCUT2D eigenvalue weighted by Gasteiger charge is 2.34. The van der Waals surface area contributed by atoms with Crippen molar-refractivity contribution in [1.29, 1.82) is 0 Å². The lowest BCUT2D eigenvalue weighted by Gasteiger charge is -2.45. The van der Waals surface area contributed by atoms with E-state index in [-0.39, 0.29) is 5.82 Å². The number of rotatable bonds is 3. The second-order valence-electron chi connectivity index (χ2n) is 5.23. The van der Waals surface area contributed by atoms with Gasteiger partial charge in [-0.15, -0.1) is 0 Å². The molecule has 0 spiro atoms. The van der Waals surface area contributed by atoms with Crippen LogP contribution >= 0.6 is 0 Å². The molecule has 0 saturated carbocycles. The maximum Gasteiger partial charge on any atom is 0.186 e. The molecule has 0 amide bonds. The summed E-state index contributed by atoms with van der Waals surface area (Å²) in [6.07, 6.45) is 4.48. The molecule has 4 heterocycles. The van der Waals surface area contributed by atoms with Crippen molar-refractivity contribution < 1.29 is 4.39 Å². The number of nitrogens with one attached hydrogen (secondary N) is 1. The van der Waals surface area contributed by atoms with Crippen molar-refractivity contribution in [2.24, 2.45) is 5.92 Å². The molecule has 0 radical (unpaired) electrons. The number of aromatic nitrogens is 2. The zero-order valence-electron chi connectivity index (χ0n) is 10.7. The first kappa shape index (κ1) is 11.8. The highest BCUT2D eigenvalue weighted by molar-refractivity contribution is 5.39. The van der Waals surface area contributed by atoms with Crippen LogP contribution in [-0.4, -0.2) is 40.5 Å². The van der Waals surface area contributed by atoms with Gasteiger partial charge in [-0.25, -0.2) is 14.4 Å². The van der Waals surface area contributed by atoms with Crippen molar-refractivity contribution in [3.63, 3.8) is 0 Å². The van der Waals surface area contributed by atoms with Crippen molar-refractivity contribution in [1.82, 2.24) is 14.9 Å². The van der Waals surface area contributed by atoms with E-state index in [9.17, 15) is 4.39 Å². The molecule has 18 heavy (non-hydrogen) atoms. The average molecular weight is 250 g/mol. The fraction of sp³-hybridized carbons (Fsp3) is 0.692. The highest BCUT2D eigenvalue weighted by Crippen LogP contribution is 2.29. The van der Waals surface area contributed by atoms with Crippen LogP contribution in [-0.2, 0) is 6.42 Å².